The molecule has 1 aromatic heterocycles. The largest absolute Gasteiger partial charge is 0.370 e. The topological polar surface area (TPSA) is 104 Å². The zero-order valence-corrected chi connectivity index (χ0v) is 12.7. The summed E-state index contributed by atoms with van der Waals surface area (Å²) < 4.78 is 0. The van der Waals surface area contributed by atoms with Crippen molar-refractivity contribution >= 4 is 28.3 Å². The zero-order chi connectivity index (χ0) is 15.4. The van der Waals surface area contributed by atoms with Crippen LogP contribution >= 0.6 is 11.3 Å². The maximum Gasteiger partial charge on any atom is 0.217 e. The first-order chi connectivity index (χ1) is 9.95. The minimum absolute atomic E-state index is 0.0436. The number of aryl methyl sites for hydroxylation is 1. The van der Waals surface area contributed by atoms with Crippen molar-refractivity contribution in [2.24, 2.45) is 5.73 Å². The van der Waals surface area contributed by atoms with Gasteiger partial charge in [-0.2, -0.15) is 0 Å². The normalized spacial score (nSPS) is 10.2. The Kier molecular flexibility index (Phi) is 4.54. The molecule has 0 aliphatic carbocycles. The van der Waals surface area contributed by atoms with Crippen molar-refractivity contribution < 1.29 is 4.79 Å². The van der Waals surface area contributed by atoms with Crippen molar-refractivity contribution in [3.63, 3.8) is 0 Å². The van der Waals surface area contributed by atoms with Gasteiger partial charge in [-0.15, -0.1) is 11.3 Å². The standard InChI is InChI=1S/C14H17N5OS/c1-8-5-10(3-4-11(8)6-17-9(2)20)12-7-21-14(18-12)19-13(15)16/h3-5,7H,6H2,1-2H3,(H,17,20)(H4,15,16,18,19). The van der Waals surface area contributed by atoms with Gasteiger partial charge in [-0.1, -0.05) is 12.1 Å². The van der Waals surface area contributed by atoms with Gasteiger partial charge < -0.3 is 16.4 Å². The lowest BCUT2D eigenvalue weighted by Gasteiger charge is -2.08. The minimum atomic E-state index is -0.127. The summed E-state index contributed by atoms with van der Waals surface area (Å²) in [6, 6.07) is 5.98. The van der Waals surface area contributed by atoms with Crippen molar-refractivity contribution in [3.8, 4) is 11.3 Å². The molecule has 21 heavy (non-hydrogen) atoms. The first-order valence-electron chi connectivity index (χ1n) is 6.36. The second-order valence-corrected chi connectivity index (χ2v) is 5.49. The van der Waals surface area contributed by atoms with Crippen molar-refractivity contribution in [3.05, 3.63) is 34.7 Å². The Morgan fingerprint density at radius 1 is 1.48 bits per heavy atom. The van der Waals surface area contributed by atoms with E-state index in [4.69, 9.17) is 11.1 Å². The molecule has 5 N–H and O–H groups in total. The summed E-state index contributed by atoms with van der Waals surface area (Å²) in [4.78, 5) is 15.3. The number of nitrogens with zero attached hydrogens (tertiary/aromatic N) is 1. The Balaban J connectivity index is 2.17. The lowest BCUT2D eigenvalue weighted by atomic mass is 10.0. The monoisotopic (exact) mass is 303 g/mol. The number of anilines is 1. The molecule has 0 saturated heterocycles. The second kappa shape index (κ2) is 6.36. The number of hydrogen-bond donors (Lipinski definition) is 4. The fraction of sp³-hybridized carbons (Fsp3) is 0.214. The Labute approximate surface area is 126 Å². The third-order valence-electron chi connectivity index (χ3n) is 2.91. The van der Waals surface area contributed by atoms with Gasteiger partial charge >= 0.3 is 0 Å². The predicted octanol–water partition coefficient (Wildman–Crippen LogP) is 2.06. The molecule has 2 rings (SSSR count). The molecule has 1 aromatic carbocycles. The molecule has 110 valence electrons. The van der Waals surface area contributed by atoms with Gasteiger partial charge in [-0.05, 0) is 24.1 Å². The highest BCUT2D eigenvalue weighted by Gasteiger charge is 2.07. The molecule has 2 aromatic rings. The molecule has 1 amide bonds. The average molecular weight is 303 g/mol. The van der Waals surface area contributed by atoms with Crippen LogP contribution in [-0.2, 0) is 11.3 Å². The van der Waals surface area contributed by atoms with Gasteiger partial charge in [0.1, 0.15) is 0 Å². The van der Waals surface area contributed by atoms with Gasteiger partial charge in [-0.25, -0.2) is 4.98 Å². The number of guanidine groups is 1. The molecule has 0 radical (unpaired) electrons. The van der Waals surface area contributed by atoms with E-state index < -0.39 is 0 Å². The number of thiazole rings is 1. The van der Waals surface area contributed by atoms with Gasteiger partial charge in [0.25, 0.3) is 0 Å². The number of carbonyl (C=O) groups excluding carboxylic acids is 1. The molecule has 0 aliphatic heterocycles. The molecule has 0 spiro atoms. The number of nitrogens with one attached hydrogen (secondary N) is 3. The van der Waals surface area contributed by atoms with Crippen LogP contribution in [0.2, 0.25) is 0 Å². The van der Waals surface area contributed by atoms with Gasteiger partial charge in [0.05, 0.1) is 5.69 Å². The highest BCUT2D eigenvalue weighted by atomic mass is 32.1. The quantitative estimate of drug-likeness (QED) is 0.512. The van der Waals surface area contributed by atoms with Crippen LogP contribution in [0.5, 0.6) is 0 Å². The SMILES string of the molecule is CC(=O)NCc1ccc(-c2csc(NC(=N)N)n2)cc1C. The van der Waals surface area contributed by atoms with E-state index in [1.807, 2.05) is 30.5 Å². The molecule has 0 fully saturated rings. The van der Waals surface area contributed by atoms with Crippen LogP contribution in [0, 0.1) is 12.3 Å². The zero-order valence-electron chi connectivity index (χ0n) is 11.9. The van der Waals surface area contributed by atoms with E-state index in [2.05, 4.69) is 15.6 Å². The maximum atomic E-state index is 11.0. The first-order valence-corrected chi connectivity index (χ1v) is 7.24. The lowest BCUT2D eigenvalue weighted by Crippen LogP contribution is -2.20. The highest BCUT2D eigenvalue weighted by Crippen LogP contribution is 2.26. The smallest absolute Gasteiger partial charge is 0.217 e. The third kappa shape index (κ3) is 4.03. The first kappa shape index (κ1) is 15.0. The average Bonchev–Trinajstić information content (AvgIpc) is 2.84. The van der Waals surface area contributed by atoms with Crippen LogP contribution in [0.1, 0.15) is 18.1 Å². The van der Waals surface area contributed by atoms with Gasteiger partial charge in [0.2, 0.25) is 5.91 Å². The Morgan fingerprint density at radius 3 is 2.86 bits per heavy atom. The van der Waals surface area contributed by atoms with Crippen LogP contribution < -0.4 is 16.4 Å². The van der Waals surface area contributed by atoms with Crippen LogP contribution in [0.4, 0.5) is 5.13 Å². The van der Waals surface area contributed by atoms with E-state index in [1.54, 1.807) is 0 Å². The number of nitrogens with two attached hydrogens (primary N) is 1. The van der Waals surface area contributed by atoms with Gasteiger partial charge in [-0.3, -0.25) is 10.2 Å². The van der Waals surface area contributed by atoms with Crippen LogP contribution in [-0.4, -0.2) is 16.9 Å². The third-order valence-corrected chi connectivity index (χ3v) is 3.67. The second-order valence-electron chi connectivity index (χ2n) is 4.63. The fourth-order valence-electron chi connectivity index (χ4n) is 1.85. The van der Waals surface area contributed by atoms with Crippen molar-refractivity contribution in [2.45, 2.75) is 20.4 Å². The molecule has 0 saturated carbocycles. The number of hydrogen-bond acceptors (Lipinski definition) is 4. The number of benzene rings is 1. The number of amides is 1. The summed E-state index contributed by atoms with van der Waals surface area (Å²) in [5, 5.41) is 15.2. The van der Waals surface area contributed by atoms with Crippen molar-refractivity contribution in [1.29, 1.82) is 5.41 Å². The molecule has 7 heteroatoms. The number of rotatable bonds is 4. The van der Waals surface area contributed by atoms with Crippen molar-refractivity contribution in [1.82, 2.24) is 10.3 Å². The van der Waals surface area contributed by atoms with E-state index in [0.29, 0.717) is 11.7 Å². The van der Waals surface area contributed by atoms with Crippen molar-refractivity contribution in [2.75, 3.05) is 5.32 Å². The molecule has 0 unspecified atom stereocenters. The molecule has 0 atom stereocenters. The Bertz CT molecular complexity index is 680. The van der Waals surface area contributed by atoms with Gasteiger partial charge in [0.15, 0.2) is 11.1 Å². The Hall–Kier alpha value is -2.41. The van der Waals surface area contributed by atoms with E-state index in [9.17, 15) is 4.79 Å². The predicted molar refractivity (Wildman–Crippen MR) is 85.3 cm³/mol. The molecule has 1 heterocycles. The molecule has 0 aliphatic rings. The van der Waals surface area contributed by atoms with E-state index in [1.165, 1.54) is 18.3 Å². The highest BCUT2D eigenvalue weighted by molar-refractivity contribution is 7.14. The van der Waals surface area contributed by atoms with E-state index >= 15 is 0 Å². The maximum absolute atomic E-state index is 11.0. The molecular formula is C14H17N5OS. The van der Waals surface area contributed by atoms with E-state index in [-0.39, 0.29) is 11.9 Å². The molecule has 6 nitrogen and oxygen atoms in total. The number of carbonyl (C=O) groups is 1. The molecular weight excluding hydrogens is 286 g/mol. The van der Waals surface area contributed by atoms with Crippen LogP contribution in [0.15, 0.2) is 23.6 Å². The van der Waals surface area contributed by atoms with Crippen LogP contribution in [0.25, 0.3) is 11.3 Å². The number of aromatic nitrogens is 1. The molecule has 0 bridgehead atoms. The van der Waals surface area contributed by atoms with E-state index in [0.717, 1.165) is 22.4 Å². The summed E-state index contributed by atoms with van der Waals surface area (Å²) in [5.41, 5.74) is 9.27. The minimum Gasteiger partial charge on any atom is -0.370 e. The van der Waals surface area contributed by atoms with Gasteiger partial charge in [0, 0.05) is 24.4 Å². The summed E-state index contributed by atoms with van der Waals surface area (Å²) in [6.45, 7) is 4.03. The fourth-order valence-corrected chi connectivity index (χ4v) is 2.58. The Morgan fingerprint density at radius 2 is 2.24 bits per heavy atom. The summed E-state index contributed by atoms with van der Waals surface area (Å²) in [5.74, 6) is -0.171. The van der Waals surface area contributed by atoms with Crippen LogP contribution in [0.3, 0.4) is 0 Å². The summed E-state index contributed by atoms with van der Waals surface area (Å²) in [6.07, 6.45) is 0. The summed E-state index contributed by atoms with van der Waals surface area (Å²) >= 11 is 1.40. The lowest BCUT2D eigenvalue weighted by molar-refractivity contribution is -0.119. The summed E-state index contributed by atoms with van der Waals surface area (Å²) in [7, 11) is 0.